The molecule has 5 heterocycles. The molecule has 0 radical (unpaired) electrons. The van der Waals surface area contributed by atoms with E-state index in [4.69, 9.17) is 9.31 Å². The molecular weight excluding hydrogens is 615 g/mol. The molecule has 1 aliphatic heterocycles. The summed E-state index contributed by atoms with van der Waals surface area (Å²) >= 11 is 7.60. The third kappa shape index (κ3) is 8.58. The molecule has 1 saturated heterocycles. The van der Waals surface area contributed by atoms with Gasteiger partial charge in [0.25, 0.3) is 0 Å². The van der Waals surface area contributed by atoms with Crippen molar-refractivity contribution in [2.45, 2.75) is 123 Å². The molecule has 236 valence electrons. The van der Waals surface area contributed by atoms with Crippen LogP contribution in [0.2, 0.25) is 0 Å². The number of aryl methyl sites for hydroxylation is 2. The molecule has 4 aromatic heterocycles. The summed E-state index contributed by atoms with van der Waals surface area (Å²) in [6.45, 7) is 12.8. The maximum atomic E-state index is 6.28. The van der Waals surface area contributed by atoms with Crippen LogP contribution in [-0.4, -0.2) is 12.7 Å². The van der Waals surface area contributed by atoms with Gasteiger partial charge in [0.05, 0.1) is 10.5 Å². The molecule has 5 rings (SSSR count). The zero-order valence-corrected chi connectivity index (χ0v) is 30.4. The maximum absolute atomic E-state index is 6.28. The zero-order chi connectivity index (χ0) is 30.9. The number of unbranched alkanes of at least 4 members (excludes halogenated alkanes) is 10. The van der Waals surface area contributed by atoms with Gasteiger partial charge in [-0.3, -0.25) is 0 Å². The van der Waals surface area contributed by atoms with Crippen LogP contribution in [0.1, 0.15) is 116 Å². The molecule has 0 aliphatic carbocycles. The van der Waals surface area contributed by atoms with Gasteiger partial charge in [-0.25, -0.2) is 0 Å². The maximum Gasteiger partial charge on any atom is 0.574 e. The van der Waals surface area contributed by atoms with E-state index in [-0.39, 0.29) is 7.12 Å². The lowest BCUT2D eigenvalue weighted by atomic mass is 9.87. The molecule has 1 aliphatic rings. The number of rotatable bonds is 18. The van der Waals surface area contributed by atoms with Gasteiger partial charge >= 0.3 is 7.12 Å². The predicted molar refractivity (Wildman–Crippen MR) is 199 cm³/mol. The minimum atomic E-state index is -0.460. The van der Waals surface area contributed by atoms with Gasteiger partial charge in [-0.05, 0) is 92.4 Å². The summed E-state index contributed by atoms with van der Waals surface area (Å²) in [5.41, 5.74) is 2.50. The SMILES string of the molecule is C=C1OB(c2cc(CCCCCCCC)c(-c3ccc(-c4ccc(-c5sccc5CCCCCCCC)s4)s3)s2)OC1(C)C. The standard InChI is InChI=1S/C37H49BO2S4/c1-6-8-10-12-14-16-18-28-24-25-41-35(28)32-22-20-30(42-32)31-21-23-33(43-31)36-29(19-17-15-13-11-9-7-2)26-34(44-36)38-39-27(3)37(4,5)40-38/h20-26H,3,6-19H2,1-2,4-5H3. The summed E-state index contributed by atoms with van der Waals surface area (Å²) in [4.78, 5) is 8.33. The Hall–Kier alpha value is -1.64. The van der Waals surface area contributed by atoms with E-state index in [1.54, 1.807) is 0 Å². The Balaban J connectivity index is 1.30. The Morgan fingerprint density at radius 1 is 0.659 bits per heavy atom. The van der Waals surface area contributed by atoms with E-state index < -0.39 is 5.60 Å². The minimum Gasteiger partial charge on any atom is -0.533 e. The van der Waals surface area contributed by atoms with Crippen molar-refractivity contribution in [2.24, 2.45) is 0 Å². The molecule has 0 bridgehead atoms. The Morgan fingerprint density at radius 2 is 1.20 bits per heavy atom. The Bertz CT molecular complexity index is 1470. The molecule has 0 spiro atoms. The van der Waals surface area contributed by atoms with E-state index in [0.29, 0.717) is 5.76 Å². The summed E-state index contributed by atoms with van der Waals surface area (Å²) < 4.78 is 13.5. The highest BCUT2D eigenvalue weighted by Crippen LogP contribution is 2.44. The van der Waals surface area contributed by atoms with E-state index in [2.05, 4.69) is 62.2 Å². The van der Waals surface area contributed by atoms with Gasteiger partial charge in [-0.2, -0.15) is 0 Å². The molecule has 2 nitrogen and oxygen atoms in total. The molecule has 0 saturated carbocycles. The van der Waals surface area contributed by atoms with E-state index in [1.165, 1.54) is 124 Å². The smallest absolute Gasteiger partial charge is 0.533 e. The normalized spacial score (nSPS) is 14.5. The van der Waals surface area contributed by atoms with Crippen LogP contribution in [0, 0.1) is 0 Å². The summed E-state index contributed by atoms with van der Waals surface area (Å²) in [6.07, 6.45) is 18.2. The van der Waals surface area contributed by atoms with Gasteiger partial charge in [0, 0.05) is 29.3 Å². The van der Waals surface area contributed by atoms with Crippen LogP contribution in [0.25, 0.3) is 29.3 Å². The van der Waals surface area contributed by atoms with Gasteiger partial charge in [-0.15, -0.1) is 45.3 Å². The van der Waals surface area contributed by atoms with Crippen LogP contribution in [-0.2, 0) is 22.2 Å². The van der Waals surface area contributed by atoms with E-state index in [0.717, 1.165) is 11.2 Å². The number of thiophene rings is 4. The van der Waals surface area contributed by atoms with Gasteiger partial charge < -0.3 is 9.31 Å². The van der Waals surface area contributed by atoms with Crippen LogP contribution >= 0.6 is 45.3 Å². The summed E-state index contributed by atoms with van der Waals surface area (Å²) in [7, 11) is -0.366. The highest BCUT2D eigenvalue weighted by atomic mass is 32.1. The molecule has 0 aromatic carbocycles. The molecule has 7 heteroatoms. The molecule has 1 fully saturated rings. The Morgan fingerprint density at radius 3 is 1.80 bits per heavy atom. The van der Waals surface area contributed by atoms with Crippen molar-refractivity contribution in [3.8, 4) is 29.3 Å². The molecule has 0 amide bonds. The van der Waals surface area contributed by atoms with Crippen molar-refractivity contribution in [1.82, 2.24) is 0 Å². The minimum absolute atomic E-state index is 0.366. The monoisotopic (exact) mass is 664 g/mol. The fourth-order valence-electron chi connectivity index (χ4n) is 5.83. The predicted octanol–water partition coefficient (Wildman–Crippen LogP) is 12.8. The molecular formula is C37H49BO2S4. The van der Waals surface area contributed by atoms with Crippen molar-refractivity contribution in [3.63, 3.8) is 0 Å². The third-order valence-electron chi connectivity index (χ3n) is 8.63. The van der Waals surface area contributed by atoms with E-state index >= 15 is 0 Å². The van der Waals surface area contributed by atoms with E-state index in [9.17, 15) is 0 Å². The largest absolute Gasteiger partial charge is 0.574 e. The zero-order valence-electron chi connectivity index (χ0n) is 27.2. The first-order valence-corrected chi connectivity index (χ1v) is 20.2. The first-order chi connectivity index (χ1) is 21.4. The fraction of sp³-hybridized carbons (Fsp3) is 0.514. The second-order valence-corrected chi connectivity index (χ2v) is 16.8. The third-order valence-corrected chi connectivity index (χ3v) is 13.5. The number of hydrogen-bond acceptors (Lipinski definition) is 6. The van der Waals surface area contributed by atoms with Crippen molar-refractivity contribution in [2.75, 3.05) is 0 Å². The topological polar surface area (TPSA) is 18.5 Å². The molecule has 4 aromatic rings. The van der Waals surface area contributed by atoms with Crippen molar-refractivity contribution >= 4 is 57.2 Å². The molecule has 0 unspecified atom stereocenters. The number of hydrogen-bond donors (Lipinski definition) is 0. The first kappa shape index (κ1) is 33.7. The van der Waals surface area contributed by atoms with Crippen LogP contribution in [0.3, 0.4) is 0 Å². The lowest BCUT2D eigenvalue weighted by Crippen LogP contribution is -2.32. The summed E-state index contributed by atoms with van der Waals surface area (Å²) in [5, 5.41) is 2.28. The Kier molecular flexibility index (Phi) is 12.5. The van der Waals surface area contributed by atoms with Gasteiger partial charge in [0.15, 0.2) is 0 Å². The van der Waals surface area contributed by atoms with Crippen LogP contribution in [0.15, 0.2) is 54.1 Å². The Labute approximate surface area is 282 Å². The van der Waals surface area contributed by atoms with Crippen LogP contribution < -0.4 is 4.78 Å². The van der Waals surface area contributed by atoms with Crippen LogP contribution in [0.5, 0.6) is 0 Å². The highest BCUT2D eigenvalue weighted by Gasteiger charge is 2.44. The average molecular weight is 665 g/mol. The highest BCUT2D eigenvalue weighted by molar-refractivity contribution is 7.30. The first-order valence-electron chi connectivity index (χ1n) is 16.8. The van der Waals surface area contributed by atoms with Crippen molar-refractivity contribution in [3.05, 3.63) is 65.2 Å². The van der Waals surface area contributed by atoms with E-state index in [1.807, 2.05) is 59.2 Å². The molecule has 0 atom stereocenters. The lowest BCUT2D eigenvalue weighted by Gasteiger charge is -2.15. The van der Waals surface area contributed by atoms with Gasteiger partial charge in [0.1, 0.15) is 5.60 Å². The molecule has 0 N–H and O–H groups in total. The second-order valence-electron chi connectivity index (χ2n) is 12.6. The summed E-state index contributed by atoms with van der Waals surface area (Å²) in [6, 6.07) is 14.0. The van der Waals surface area contributed by atoms with Gasteiger partial charge in [-0.1, -0.05) is 84.6 Å². The quantitative estimate of drug-likeness (QED) is 0.0778. The van der Waals surface area contributed by atoms with Crippen molar-refractivity contribution in [1.29, 1.82) is 0 Å². The summed E-state index contributed by atoms with van der Waals surface area (Å²) in [5.74, 6) is 0.711. The lowest BCUT2D eigenvalue weighted by molar-refractivity contribution is 0.173. The van der Waals surface area contributed by atoms with Gasteiger partial charge in [0.2, 0.25) is 0 Å². The average Bonchev–Trinajstić information content (AvgIpc) is 3.83. The van der Waals surface area contributed by atoms with Crippen molar-refractivity contribution < 1.29 is 9.31 Å². The fourth-order valence-corrected chi connectivity index (χ4v) is 10.4. The molecule has 44 heavy (non-hydrogen) atoms. The second kappa shape index (κ2) is 16.3. The van der Waals surface area contributed by atoms with Crippen LogP contribution in [0.4, 0.5) is 0 Å².